The van der Waals surface area contributed by atoms with Crippen molar-refractivity contribution in [2.75, 3.05) is 28.3 Å². The summed E-state index contributed by atoms with van der Waals surface area (Å²) in [5.41, 5.74) is 9.15. The smallest absolute Gasteiger partial charge is 0.338 e. The lowest BCUT2D eigenvalue weighted by atomic mass is 10.2. The summed E-state index contributed by atoms with van der Waals surface area (Å²) in [5, 5.41) is 8.94. The Kier molecular flexibility index (Phi) is 6.43. The highest BCUT2D eigenvalue weighted by molar-refractivity contribution is 5.90. The lowest BCUT2D eigenvalue weighted by Crippen LogP contribution is -2.07. The number of amides is 1. The fraction of sp³-hybridized carbons (Fsp3) is 0.143. The first kappa shape index (κ1) is 20.6. The normalized spacial score (nSPS) is 10.2. The Morgan fingerprint density at radius 1 is 0.900 bits per heavy atom. The van der Waals surface area contributed by atoms with Gasteiger partial charge in [-0.2, -0.15) is 0 Å². The van der Waals surface area contributed by atoms with Gasteiger partial charge >= 0.3 is 5.97 Å². The largest absolute Gasteiger partial charge is 0.462 e. The van der Waals surface area contributed by atoms with Crippen LogP contribution in [0.25, 0.3) is 0 Å². The van der Waals surface area contributed by atoms with Gasteiger partial charge in [0.1, 0.15) is 12.0 Å². The summed E-state index contributed by atoms with van der Waals surface area (Å²) < 4.78 is 4.97. The van der Waals surface area contributed by atoms with E-state index in [0.717, 1.165) is 5.69 Å². The van der Waals surface area contributed by atoms with Crippen LogP contribution in [0.15, 0.2) is 54.9 Å². The first-order valence-electron chi connectivity index (χ1n) is 9.25. The number of carbonyl (C=O) groups excluding carboxylic acids is 2. The maximum atomic E-state index is 11.7. The third kappa shape index (κ3) is 5.22. The molecule has 0 aliphatic rings. The molecule has 0 saturated carbocycles. The summed E-state index contributed by atoms with van der Waals surface area (Å²) in [5.74, 6) is 0.345. The van der Waals surface area contributed by atoms with E-state index in [-0.39, 0.29) is 11.9 Å². The molecule has 0 spiro atoms. The van der Waals surface area contributed by atoms with Gasteiger partial charge in [0, 0.05) is 24.0 Å². The quantitative estimate of drug-likeness (QED) is 0.437. The van der Waals surface area contributed by atoms with Gasteiger partial charge in [0.05, 0.1) is 12.2 Å². The molecule has 0 atom stereocenters. The zero-order valence-electron chi connectivity index (χ0n) is 16.6. The molecule has 1 amide bonds. The molecule has 0 unspecified atom stereocenters. The van der Waals surface area contributed by atoms with E-state index in [1.165, 1.54) is 13.3 Å². The van der Waals surface area contributed by atoms with Gasteiger partial charge in [0.2, 0.25) is 5.91 Å². The van der Waals surface area contributed by atoms with Crippen LogP contribution in [-0.2, 0) is 9.53 Å². The van der Waals surface area contributed by atoms with E-state index in [1.807, 2.05) is 0 Å². The monoisotopic (exact) mass is 406 g/mol. The van der Waals surface area contributed by atoms with E-state index in [0.29, 0.717) is 40.9 Å². The Labute approximate surface area is 173 Å². The number of esters is 1. The van der Waals surface area contributed by atoms with Crippen LogP contribution in [0.3, 0.4) is 0 Å². The number of carbonyl (C=O) groups is 2. The Morgan fingerprint density at radius 2 is 1.40 bits per heavy atom. The zero-order chi connectivity index (χ0) is 21.5. The molecular weight excluding hydrogens is 384 g/mol. The summed E-state index contributed by atoms with van der Waals surface area (Å²) in [6.07, 6.45) is 1.39. The third-order valence-corrected chi connectivity index (χ3v) is 4.01. The molecule has 30 heavy (non-hydrogen) atoms. The number of hydrogen-bond acceptors (Lipinski definition) is 8. The summed E-state index contributed by atoms with van der Waals surface area (Å²) in [7, 11) is 0. The Bertz CT molecular complexity index is 1040. The first-order chi connectivity index (χ1) is 14.5. The molecule has 9 heteroatoms. The van der Waals surface area contributed by atoms with Gasteiger partial charge in [-0.15, -0.1) is 0 Å². The van der Waals surface area contributed by atoms with Crippen LogP contribution in [0.5, 0.6) is 0 Å². The van der Waals surface area contributed by atoms with E-state index in [9.17, 15) is 9.59 Å². The number of anilines is 6. The van der Waals surface area contributed by atoms with E-state index in [4.69, 9.17) is 10.5 Å². The van der Waals surface area contributed by atoms with Gasteiger partial charge < -0.3 is 26.4 Å². The van der Waals surface area contributed by atoms with Crippen molar-refractivity contribution >= 4 is 46.3 Å². The second-order valence-corrected chi connectivity index (χ2v) is 6.29. The molecule has 3 rings (SSSR count). The molecule has 0 aliphatic heterocycles. The van der Waals surface area contributed by atoms with Crippen LogP contribution in [0.1, 0.15) is 24.2 Å². The molecule has 0 radical (unpaired) electrons. The number of nitrogens with zero attached hydrogens (tertiary/aromatic N) is 2. The number of nitrogens with one attached hydrogen (secondary N) is 3. The summed E-state index contributed by atoms with van der Waals surface area (Å²) in [6.45, 7) is 3.53. The second-order valence-electron chi connectivity index (χ2n) is 6.29. The average Bonchev–Trinajstić information content (AvgIpc) is 2.73. The maximum absolute atomic E-state index is 11.7. The third-order valence-electron chi connectivity index (χ3n) is 4.01. The van der Waals surface area contributed by atoms with E-state index in [2.05, 4.69) is 25.9 Å². The molecule has 0 bridgehead atoms. The van der Waals surface area contributed by atoms with E-state index >= 15 is 0 Å². The number of benzene rings is 2. The molecule has 2 aromatic carbocycles. The molecule has 3 aromatic rings. The molecular formula is C21H22N6O3. The topological polar surface area (TPSA) is 131 Å². The van der Waals surface area contributed by atoms with Crippen molar-refractivity contribution in [3.63, 3.8) is 0 Å². The van der Waals surface area contributed by atoms with E-state index in [1.54, 1.807) is 55.5 Å². The van der Waals surface area contributed by atoms with Crippen molar-refractivity contribution in [3.8, 4) is 0 Å². The molecule has 9 nitrogen and oxygen atoms in total. The lowest BCUT2D eigenvalue weighted by Gasteiger charge is -2.13. The van der Waals surface area contributed by atoms with Gasteiger partial charge in [0.15, 0.2) is 11.6 Å². The van der Waals surface area contributed by atoms with Crippen LogP contribution < -0.4 is 21.7 Å². The lowest BCUT2D eigenvalue weighted by molar-refractivity contribution is -0.114. The Hall–Kier alpha value is -4.14. The minimum Gasteiger partial charge on any atom is -0.462 e. The number of nitrogen functional groups attached to an aromatic ring is 1. The SMILES string of the molecule is CCOC(=O)c1ccc(Nc2ncnc(Nc3ccc(NC(C)=O)cc3)c2N)cc1. The predicted molar refractivity (Wildman–Crippen MR) is 116 cm³/mol. The molecule has 1 heterocycles. The van der Waals surface area contributed by atoms with Crippen molar-refractivity contribution in [3.05, 3.63) is 60.4 Å². The van der Waals surface area contributed by atoms with Crippen LogP contribution in [0.2, 0.25) is 0 Å². The fourth-order valence-electron chi connectivity index (χ4n) is 2.61. The highest BCUT2D eigenvalue weighted by atomic mass is 16.5. The number of nitrogens with two attached hydrogens (primary N) is 1. The highest BCUT2D eigenvalue weighted by Crippen LogP contribution is 2.28. The predicted octanol–water partition coefficient (Wildman–Crippen LogP) is 3.68. The number of hydrogen-bond donors (Lipinski definition) is 4. The van der Waals surface area contributed by atoms with Crippen molar-refractivity contribution < 1.29 is 14.3 Å². The second kappa shape index (κ2) is 9.37. The van der Waals surface area contributed by atoms with Gasteiger partial charge in [0.25, 0.3) is 0 Å². The standard InChI is InChI=1S/C21H22N6O3/c1-3-30-21(29)14-4-6-16(7-5-14)26-19-18(22)20(24-12-23-19)27-17-10-8-15(9-11-17)25-13(2)28/h4-12H,3,22H2,1-2H3,(H,25,28)(H2,23,24,26,27). The van der Waals surface area contributed by atoms with Gasteiger partial charge in [-0.05, 0) is 55.5 Å². The van der Waals surface area contributed by atoms with Crippen molar-refractivity contribution in [1.29, 1.82) is 0 Å². The Morgan fingerprint density at radius 3 is 1.90 bits per heavy atom. The van der Waals surface area contributed by atoms with Gasteiger partial charge in [-0.1, -0.05) is 0 Å². The Balaban J connectivity index is 1.72. The summed E-state index contributed by atoms with van der Waals surface area (Å²) >= 11 is 0. The molecule has 5 N–H and O–H groups in total. The fourth-order valence-corrected chi connectivity index (χ4v) is 2.61. The average molecular weight is 406 g/mol. The number of aromatic nitrogens is 2. The van der Waals surface area contributed by atoms with Crippen LogP contribution >= 0.6 is 0 Å². The summed E-state index contributed by atoms with van der Waals surface area (Å²) in [4.78, 5) is 31.2. The molecule has 0 fully saturated rings. The maximum Gasteiger partial charge on any atom is 0.338 e. The molecule has 1 aromatic heterocycles. The summed E-state index contributed by atoms with van der Waals surface area (Å²) in [6, 6.07) is 13.9. The molecule has 154 valence electrons. The van der Waals surface area contributed by atoms with Crippen LogP contribution in [0.4, 0.5) is 34.4 Å². The van der Waals surface area contributed by atoms with Crippen molar-refractivity contribution in [2.24, 2.45) is 0 Å². The van der Waals surface area contributed by atoms with Gasteiger partial charge in [-0.25, -0.2) is 14.8 Å². The highest BCUT2D eigenvalue weighted by Gasteiger charge is 2.10. The number of ether oxygens (including phenoxy) is 1. The van der Waals surface area contributed by atoms with Gasteiger partial charge in [-0.3, -0.25) is 4.79 Å². The van der Waals surface area contributed by atoms with Crippen LogP contribution in [-0.4, -0.2) is 28.5 Å². The minimum atomic E-state index is -0.374. The molecule has 0 aliphatic carbocycles. The van der Waals surface area contributed by atoms with E-state index < -0.39 is 0 Å². The van der Waals surface area contributed by atoms with Crippen molar-refractivity contribution in [2.45, 2.75) is 13.8 Å². The minimum absolute atomic E-state index is 0.137. The van der Waals surface area contributed by atoms with Crippen LogP contribution in [0, 0.1) is 0 Å². The zero-order valence-corrected chi connectivity index (χ0v) is 16.6. The molecule has 0 saturated heterocycles. The number of rotatable bonds is 7. The van der Waals surface area contributed by atoms with Crippen molar-refractivity contribution in [1.82, 2.24) is 9.97 Å². The first-order valence-corrected chi connectivity index (χ1v) is 9.25.